The molecule has 0 atom stereocenters. The summed E-state index contributed by atoms with van der Waals surface area (Å²) in [5.74, 6) is 1.49. The Bertz CT molecular complexity index is 938. The van der Waals surface area contributed by atoms with Crippen molar-refractivity contribution in [1.29, 1.82) is 0 Å². The monoisotopic (exact) mass is 424 g/mol. The number of anilines is 2. The molecule has 1 aliphatic rings. The molecule has 8 nitrogen and oxygen atoms in total. The van der Waals surface area contributed by atoms with Gasteiger partial charge in [-0.05, 0) is 40.0 Å². The Kier molecular flexibility index (Phi) is 5.26. The molecule has 0 aliphatic carbocycles. The lowest BCUT2D eigenvalue weighted by Gasteiger charge is -2.22. The highest BCUT2D eigenvalue weighted by Crippen LogP contribution is 2.40. The van der Waals surface area contributed by atoms with Gasteiger partial charge in [0.05, 0.1) is 4.47 Å². The van der Waals surface area contributed by atoms with E-state index in [1.54, 1.807) is 11.9 Å². The molecule has 140 valence electrons. The van der Waals surface area contributed by atoms with Crippen molar-refractivity contribution in [3.63, 3.8) is 0 Å². The molecule has 0 amide bonds. The Morgan fingerprint density at radius 3 is 2.85 bits per heavy atom. The number of halogens is 1. The number of nitrogens with one attached hydrogen (secondary N) is 1. The van der Waals surface area contributed by atoms with Crippen LogP contribution in [-0.2, 0) is 13.1 Å². The molecule has 3 N–H and O–H groups in total. The third kappa shape index (κ3) is 3.44. The molecule has 0 saturated heterocycles. The van der Waals surface area contributed by atoms with Crippen molar-refractivity contribution in [2.45, 2.75) is 32.9 Å². The average molecular weight is 425 g/mol. The SMILES string of the molecule is CCCCn1c(N)c(N(C)Cc2cc(Br)c3c(c2)OCO3)c(=O)[nH]c1=O. The number of aromatic amines is 1. The molecule has 26 heavy (non-hydrogen) atoms. The number of nitrogens with zero attached hydrogens (tertiary/aromatic N) is 2. The Morgan fingerprint density at radius 1 is 1.35 bits per heavy atom. The molecule has 0 spiro atoms. The van der Waals surface area contributed by atoms with Crippen molar-refractivity contribution >= 4 is 27.4 Å². The summed E-state index contributed by atoms with van der Waals surface area (Å²) in [5, 5.41) is 0. The summed E-state index contributed by atoms with van der Waals surface area (Å²) in [7, 11) is 1.76. The van der Waals surface area contributed by atoms with Crippen LogP contribution in [-0.4, -0.2) is 23.4 Å². The first-order chi connectivity index (χ1) is 12.4. The lowest BCUT2D eigenvalue weighted by molar-refractivity contribution is 0.173. The van der Waals surface area contributed by atoms with Gasteiger partial charge in [0.2, 0.25) is 6.79 Å². The number of nitrogen functional groups attached to an aromatic ring is 1. The van der Waals surface area contributed by atoms with Gasteiger partial charge in [-0.15, -0.1) is 0 Å². The summed E-state index contributed by atoms with van der Waals surface area (Å²) in [6, 6.07) is 3.77. The fraction of sp³-hybridized carbons (Fsp3) is 0.412. The molecule has 0 unspecified atom stereocenters. The zero-order valence-electron chi connectivity index (χ0n) is 14.7. The van der Waals surface area contributed by atoms with Crippen molar-refractivity contribution < 1.29 is 9.47 Å². The van der Waals surface area contributed by atoms with Crippen LogP contribution >= 0.6 is 15.9 Å². The number of rotatable bonds is 6. The second-order valence-electron chi connectivity index (χ2n) is 6.17. The summed E-state index contributed by atoms with van der Waals surface area (Å²) < 4.78 is 13.0. The lowest BCUT2D eigenvalue weighted by atomic mass is 10.2. The number of fused-ring (bicyclic) bond motifs is 1. The maximum Gasteiger partial charge on any atom is 0.330 e. The van der Waals surface area contributed by atoms with Crippen LogP contribution < -0.4 is 31.4 Å². The number of unbranched alkanes of at least 4 members (excludes halogenated alkanes) is 1. The third-order valence-corrected chi connectivity index (χ3v) is 4.83. The van der Waals surface area contributed by atoms with E-state index in [1.807, 2.05) is 19.1 Å². The Hall–Kier alpha value is -2.42. The first kappa shape index (κ1) is 18.4. The maximum atomic E-state index is 12.3. The van der Waals surface area contributed by atoms with E-state index in [1.165, 1.54) is 4.57 Å². The molecule has 1 aromatic carbocycles. The number of nitrogens with two attached hydrogens (primary N) is 1. The van der Waals surface area contributed by atoms with E-state index in [-0.39, 0.29) is 18.3 Å². The van der Waals surface area contributed by atoms with E-state index in [4.69, 9.17) is 15.2 Å². The molecular formula is C17H21BrN4O4. The number of aromatic nitrogens is 2. The Balaban J connectivity index is 1.93. The fourth-order valence-electron chi connectivity index (χ4n) is 2.95. The van der Waals surface area contributed by atoms with Gasteiger partial charge in [0, 0.05) is 20.1 Å². The van der Waals surface area contributed by atoms with Crippen molar-refractivity contribution in [3.05, 3.63) is 43.0 Å². The van der Waals surface area contributed by atoms with E-state index >= 15 is 0 Å². The lowest BCUT2D eigenvalue weighted by Crippen LogP contribution is -2.37. The molecule has 2 aromatic rings. The largest absolute Gasteiger partial charge is 0.454 e. The van der Waals surface area contributed by atoms with Gasteiger partial charge in [-0.1, -0.05) is 13.3 Å². The Labute approximate surface area is 158 Å². The number of H-pyrrole nitrogens is 1. The predicted molar refractivity (Wildman–Crippen MR) is 103 cm³/mol. The third-order valence-electron chi connectivity index (χ3n) is 4.24. The van der Waals surface area contributed by atoms with E-state index in [0.717, 1.165) is 22.9 Å². The number of benzene rings is 1. The van der Waals surface area contributed by atoms with Crippen LogP contribution in [0.25, 0.3) is 0 Å². The van der Waals surface area contributed by atoms with Crippen LogP contribution in [0.1, 0.15) is 25.3 Å². The molecule has 9 heteroatoms. The second kappa shape index (κ2) is 7.45. The van der Waals surface area contributed by atoms with Gasteiger partial charge in [0.15, 0.2) is 11.5 Å². The highest BCUT2D eigenvalue weighted by Gasteiger charge is 2.20. The molecule has 0 radical (unpaired) electrons. The van der Waals surface area contributed by atoms with Crippen molar-refractivity contribution in [2.24, 2.45) is 0 Å². The van der Waals surface area contributed by atoms with Gasteiger partial charge in [0.25, 0.3) is 5.56 Å². The summed E-state index contributed by atoms with van der Waals surface area (Å²) in [4.78, 5) is 28.4. The minimum Gasteiger partial charge on any atom is -0.454 e. The normalized spacial score (nSPS) is 12.4. The number of hydrogen-bond donors (Lipinski definition) is 2. The van der Waals surface area contributed by atoms with Crippen molar-refractivity contribution in [2.75, 3.05) is 24.5 Å². The first-order valence-electron chi connectivity index (χ1n) is 8.34. The van der Waals surface area contributed by atoms with Crippen LogP contribution in [0, 0.1) is 0 Å². The summed E-state index contributed by atoms with van der Waals surface area (Å²) in [6.07, 6.45) is 1.72. The number of ether oxygens (including phenoxy) is 2. The minimum absolute atomic E-state index is 0.175. The van der Waals surface area contributed by atoms with Crippen LogP contribution in [0.15, 0.2) is 26.2 Å². The minimum atomic E-state index is -0.498. The first-order valence-corrected chi connectivity index (χ1v) is 9.13. The standard InChI is InChI=1S/C17H21BrN4O4/c1-3-4-5-22-15(19)13(16(23)20-17(22)24)21(2)8-10-6-11(18)14-12(7-10)25-9-26-14/h6-7H,3-5,8-9,19H2,1-2H3,(H,20,23,24). The molecule has 1 aliphatic heterocycles. The highest BCUT2D eigenvalue weighted by atomic mass is 79.9. The molecule has 3 rings (SSSR count). The zero-order valence-corrected chi connectivity index (χ0v) is 16.3. The van der Waals surface area contributed by atoms with E-state index < -0.39 is 11.2 Å². The summed E-state index contributed by atoms with van der Waals surface area (Å²) >= 11 is 3.46. The average Bonchev–Trinajstić information content (AvgIpc) is 3.03. The smallest absolute Gasteiger partial charge is 0.330 e. The van der Waals surface area contributed by atoms with Gasteiger partial charge in [0.1, 0.15) is 11.5 Å². The molecule has 0 saturated carbocycles. The summed E-state index contributed by atoms with van der Waals surface area (Å²) in [5.41, 5.74) is 6.35. The van der Waals surface area contributed by atoms with Crippen molar-refractivity contribution in [3.8, 4) is 11.5 Å². The topological polar surface area (TPSA) is 103 Å². The van der Waals surface area contributed by atoms with Gasteiger partial charge in [-0.2, -0.15) is 0 Å². The van der Waals surface area contributed by atoms with E-state index in [9.17, 15) is 9.59 Å². The van der Waals surface area contributed by atoms with Crippen LogP contribution in [0.3, 0.4) is 0 Å². The maximum absolute atomic E-state index is 12.3. The Morgan fingerprint density at radius 2 is 2.12 bits per heavy atom. The molecule has 0 fully saturated rings. The number of hydrogen-bond acceptors (Lipinski definition) is 6. The molecular weight excluding hydrogens is 404 g/mol. The highest BCUT2D eigenvalue weighted by molar-refractivity contribution is 9.10. The van der Waals surface area contributed by atoms with Crippen molar-refractivity contribution in [1.82, 2.24) is 9.55 Å². The van der Waals surface area contributed by atoms with Crippen LogP contribution in [0.5, 0.6) is 11.5 Å². The van der Waals surface area contributed by atoms with Gasteiger partial charge >= 0.3 is 5.69 Å². The quantitative estimate of drug-likeness (QED) is 0.735. The zero-order chi connectivity index (χ0) is 18.8. The second-order valence-corrected chi connectivity index (χ2v) is 7.02. The fourth-order valence-corrected chi connectivity index (χ4v) is 3.55. The summed E-state index contributed by atoms with van der Waals surface area (Å²) in [6.45, 7) is 3.09. The van der Waals surface area contributed by atoms with Gasteiger partial charge in [-0.3, -0.25) is 14.3 Å². The molecule has 2 heterocycles. The van der Waals surface area contributed by atoms with Gasteiger partial charge < -0.3 is 20.1 Å². The predicted octanol–water partition coefficient (Wildman–Crippen LogP) is 2.05. The van der Waals surface area contributed by atoms with Gasteiger partial charge in [-0.25, -0.2) is 4.79 Å². The molecule has 0 bridgehead atoms. The van der Waals surface area contributed by atoms with Crippen LogP contribution in [0.4, 0.5) is 11.5 Å². The van der Waals surface area contributed by atoms with Crippen LogP contribution in [0.2, 0.25) is 0 Å². The van der Waals surface area contributed by atoms with E-state index in [2.05, 4.69) is 20.9 Å². The molecule has 1 aromatic heterocycles. The van der Waals surface area contributed by atoms with E-state index in [0.29, 0.717) is 24.6 Å².